The van der Waals surface area contributed by atoms with Crippen LogP contribution in [0.15, 0.2) is 33.6 Å². The van der Waals surface area contributed by atoms with Crippen molar-refractivity contribution >= 4 is 10.0 Å². The highest BCUT2D eigenvalue weighted by molar-refractivity contribution is 7.89. The van der Waals surface area contributed by atoms with Gasteiger partial charge in [0.25, 0.3) is 5.89 Å². The summed E-state index contributed by atoms with van der Waals surface area (Å²) >= 11 is 0. The van der Waals surface area contributed by atoms with Gasteiger partial charge in [-0.05, 0) is 31.5 Å². The maximum absolute atomic E-state index is 12.9. The third kappa shape index (κ3) is 3.49. The first-order chi connectivity index (χ1) is 12.3. The highest BCUT2D eigenvalue weighted by atomic mass is 32.2. The van der Waals surface area contributed by atoms with Crippen molar-refractivity contribution in [3.63, 3.8) is 0 Å². The molecule has 0 aliphatic rings. The molecule has 0 bridgehead atoms. The van der Waals surface area contributed by atoms with E-state index in [1.165, 1.54) is 0 Å². The molecule has 9 heteroatoms. The van der Waals surface area contributed by atoms with E-state index in [0.717, 1.165) is 5.56 Å². The maximum Gasteiger partial charge on any atom is 0.250 e. The molecule has 0 radical (unpaired) electrons. The van der Waals surface area contributed by atoms with Crippen LogP contribution >= 0.6 is 0 Å². The smallest absolute Gasteiger partial charge is 0.250 e. The fourth-order valence-electron chi connectivity index (χ4n) is 2.74. The first kappa shape index (κ1) is 18.2. The van der Waals surface area contributed by atoms with Gasteiger partial charge in [0.05, 0.1) is 12.7 Å². The molecular weight excluding hydrogens is 356 g/mol. The third-order valence-electron chi connectivity index (χ3n) is 3.95. The van der Waals surface area contributed by atoms with Crippen molar-refractivity contribution < 1.29 is 17.6 Å². The molecule has 0 aliphatic carbocycles. The second-order valence-corrected chi connectivity index (χ2v) is 7.58. The number of nitrogens with zero attached hydrogens (tertiary/aromatic N) is 2. The number of ether oxygens (including phenoxy) is 1. The molecule has 138 valence electrons. The van der Waals surface area contributed by atoms with E-state index in [1.807, 2.05) is 0 Å². The largest absolute Gasteiger partial charge is 0.497 e. The Morgan fingerprint density at radius 3 is 2.38 bits per heavy atom. The van der Waals surface area contributed by atoms with Gasteiger partial charge in [-0.25, -0.2) is 13.1 Å². The molecular formula is C17H20N4O4S. The summed E-state index contributed by atoms with van der Waals surface area (Å²) in [5.41, 5.74) is 2.37. The molecule has 3 aromatic rings. The summed E-state index contributed by atoms with van der Waals surface area (Å²) < 4.78 is 39.0. The van der Waals surface area contributed by atoms with Crippen LogP contribution in [0.5, 0.6) is 5.75 Å². The van der Waals surface area contributed by atoms with Gasteiger partial charge >= 0.3 is 0 Å². The van der Waals surface area contributed by atoms with Crippen molar-refractivity contribution in [2.45, 2.75) is 32.2 Å². The summed E-state index contributed by atoms with van der Waals surface area (Å²) in [7, 11) is -2.21. The van der Waals surface area contributed by atoms with Crippen molar-refractivity contribution in [2.75, 3.05) is 7.11 Å². The fraction of sp³-hybridized carbons (Fsp3) is 0.294. The lowest BCUT2D eigenvalue weighted by atomic mass is 10.2. The number of aromatic amines is 1. The summed E-state index contributed by atoms with van der Waals surface area (Å²) in [4.78, 5) is 3.16. The van der Waals surface area contributed by atoms with Gasteiger partial charge in [-0.15, -0.1) is 10.2 Å². The second kappa shape index (κ2) is 6.93. The van der Waals surface area contributed by atoms with Gasteiger partial charge in [0.1, 0.15) is 10.6 Å². The van der Waals surface area contributed by atoms with Crippen molar-refractivity contribution in [3.8, 4) is 17.2 Å². The minimum Gasteiger partial charge on any atom is -0.497 e. The molecule has 0 atom stereocenters. The summed E-state index contributed by atoms with van der Waals surface area (Å²) in [5.74, 6) is 1.25. The van der Waals surface area contributed by atoms with Gasteiger partial charge < -0.3 is 14.1 Å². The monoisotopic (exact) mass is 376 g/mol. The Morgan fingerprint density at radius 1 is 1.12 bits per heavy atom. The van der Waals surface area contributed by atoms with Gasteiger partial charge in [-0.1, -0.05) is 12.1 Å². The average Bonchev–Trinajstić information content (AvgIpc) is 3.16. The predicted octanol–water partition coefficient (Wildman–Crippen LogP) is 2.48. The molecule has 26 heavy (non-hydrogen) atoms. The number of nitrogens with one attached hydrogen (secondary N) is 2. The van der Waals surface area contributed by atoms with Crippen molar-refractivity contribution in [3.05, 3.63) is 47.1 Å². The number of H-pyrrole nitrogens is 1. The van der Waals surface area contributed by atoms with E-state index in [-0.39, 0.29) is 17.3 Å². The standard InChI is InChI=1S/C17H20N4O4S/c1-10-15(17-21-20-12(3)25-17)16(11(2)19-10)26(22,23)18-9-13-5-7-14(24-4)8-6-13/h5-8,18-19H,9H2,1-4H3. The van der Waals surface area contributed by atoms with Gasteiger partial charge in [-0.2, -0.15) is 0 Å². The minimum absolute atomic E-state index is 0.118. The number of aryl methyl sites for hydroxylation is 3. The Balaban J connectivity index is 1.91. The normalized spacial score (nSPS) is 11.7. The molecule has 0 unspecified atom stereocenters. The Bertz CT molecular complexity index is 1020. The molecule has 2 aromatic heterocycles. The zero-order chi connectivity index (χ0) is 18.9. The molecule has 2 heterocycles. The van der Waals surface area contributed by atoms with Crippen LogP contribution in [0.4, 0.5) is 0 Å². The molecule has 0 saturated heterocycles. The summed E-state index contributed by atoms with van der Waals surface area (Å²) in [6.45, 7) is 5.27. The predicted molar refractivity (Wildman–Crippen MR) is 95.3 cm³/mol. The van der Waals surface area contributed by atoms with Crippen LogP contribution in [-0.2, 0) is 16.6 Å². The zero-order valence-corrected chi connectivity index (χ0v) is 15.8. The van der Waals surface area contributed by atoms with E-state index in [9.17, 15) is 8.42 Å². The van der Waals surface area contributed by atoms with Crippen molar-refractivity contribution in [2.24, 2.45) is 0 Å². The van der Waals surface area contributed by atoms with Crippen LogP contribution in [0.3, 0.4) is 0 Å². The van der Waals surface area contributed by atoms with Crippen LogP contribution in [0.25, 0.3) is 11.5 Å². The van der Waals surface area contributed by atoms with Crippen molar-refractivity contribution in [1.29, 1.82) is 0 Å². The lowest BCUT2D eigenvalue weighted by molar-refractivity contribution is 0.414. The minimum atomic E-state index is -3.79. The first-order valence-corrected chi connectivity index (χ1v) is 9.42. The van der Waals surface area contributed by atoms with E-state index >= 15 is 0 Å². The molecule has 0 aliphatic heterocycles. The summed E-state index contributed by atoms with van der Waals surface area (Å²) in [5, 5.41) is 7.75. The van der Waals surface area contributed by atoms with Crippen LogP contribution < -0.4 is 9.46 Å². The molecule has 1 aromatic carbocycles. The Kier molecular flexibility index (Phi) is 4.84. The summed E-state index contributed by atoms with van der Waals surface area (Å²) in [6, 6.07) is 7.17. The number of sulfonamides is 1. The SMILES string of the molecule is COc1ccc(CNS(=O)(=O)c2c(C)[nH]c(C)c2-c2nnc(C)o2)cc1. The van der Waals surface area contributed by atoms with Gasteiger partial charge in [0, 0.05) is 24.9 Å². The Hall–Kier alpha value is -2.65. The van der Waals surface area contributed by atoms with Crippen LogP contribution in [0.1, 0.15) is 22.8 Å². The topological polar surface area (TPSA) is 110 Å². The number of hydrogen-bond donors (Lipinski definition) is 2. The molecule has 0 amide bonds. The maximum atomic E-state index is 12.9. The van der Waals surface area contributed by atoms with E-state index in [2.05, 4.69) is 19.9 Å². The highest BCUT2D eigenvalue weighted by Crippen LogP contribution is 2.32. The number of aromatic nitrogens is 3. The van der Waals surface area contributed by atoms with E-state index in [4.69, 9.17) is 9.15 Å². The van der Waals surface area contributed by atoms with Gasteiger partial charge in [-0.3, -0.25) is 0 Å². The molecule has 0 spiro atoms. The lowest BCUT2D eigenvalue weighted by Gasteiger charge is -2.09. The van der Waals surface area contributed by atoms with Crippen LogP contribution in [0, 0.1) is 20.8 Å². The van der Waals surface area contributed by atoms with Crippen molar-refractivity contribution in [1.82, 2.24) is 19.9 Å². The van der Waals surface area contributed by atoms with Gasteiger partial charge in [0.15, 0.2) is 0 Å². The van der Waals surface area contributed by atoms with E-state index < -0.39 is 10.0 Å². The number of hydrogen-bond acceptors (Lipinski definition) is 6. The van der Waals surface area contributed by atoms with Gasteiger partial charge in [0.2, 0.25) is 15.9 Å². The lowest BCUT2D eigenvalue weighted by Crippen LogP contribution is -2.24. The van der Waals surface area contributed by atoms with Crippen LogP contribution in [-0.4, -0.2) is 30.7 Å². The highest BCUT2D eigenvalue weighted by Gasteiger charge is 2.28. The van der Waals surface area contributed by atoms with E-state index in [1.54, 1.807) is 52.1 Å². The number of benzene rings is 1. The molecule has 0 fully saturated rings. The molecule has 2 N–H and O–H groups in total. The summed E-state index contributed by atoms with van der Waals surface area (Å²) in [6.07, 6.45) is 0. The molecule has 0 saturated carbocycles. The number of methoxy groups -OCH3 is 1. The Morgan fingerprint density at radius 2 is 1.81 bits per heavy atom. The quantitative estimate of drug-likeness (QED) is 0.684. The Labute approximate surface area is 151 Å². The fourth-order valence-corrected chi connectivity index (χ4v) is 4.21. The van der Waals surface area contributed by atoms with E-state index in [0.29, 0.717) is 28.6 Å². The molecule has 8 nitrogen and oxygen atoms in total. The average molecular weight is 376 g/mol. The first-order valence-electron chi connectivity index (χ1n) is 7.94. The molecule has 3 rings (SSSR count). The zero-order valence-electron chi connectivity index (χ0n) is 15.0. The van der Waals surface area contributed by atoms with Crippen LogP contribution in [0.2, 0.25) is 0 Å². The third-order valence-corrected chi connectivity index (χ3v) is 5.52. The number of rotatable bonds is 6. The second-order valence-electron chi connectivity index (χ2n) is 5.88.